The fourth-order valence-electron chi connectivity index (χ4n) is 5.37. The van der Waals surface area contributed by atoms with E-state index in [9.17, 15) is 4.79 Å². The number of anilines is 1. The van der Waals surface area contributed by atoms with Crippen molar-refractivity contribution in [3.63, 3.8) is 0 Å². The van der Waals surface area contributed by atoms with Crippen LogP contribution in [0.1, 0.15) is 72.5 Å². The molecule has 1 amide bonds. The Bertz CT molecular complexity index is 1230. The van der Waals surface area contributed by atoms with Crippen molar-refractivity contribution in [3.05, 3.63) is 82.9 Å². The topological polar surface area (TPSA) is 62.2 Å². The molecule has 6 nitrogen and oxygen atoms in total. The predicted molar refractivity (Wildman–Crippen MR) is 143 cm³/mol. The second-order valence-corrected chi connectivity index (χ2v) is 9.94. The summed E-state index contributed by atoms with van der Waals surface area (Å²) in [6.07, 6.45) is 5.54. The molecule has 3 heterocycles. The first kappa shape index (κ1) is 23.5. The molecule has 5 rings (SSSR count). The molecule has 1 aliphatic carbocycles. The van der Waals surface area contributed by atoms with Crippen LogP contribution in [0.5, 0.6) is 0 Å². The van der Waals surface area contributed by atoms with Crippen molar-refractivity contribution in [1.29, 1.82) is 0 Å². The predicted octanol–water partition coefficient (Wildman–Crippen LogP) is 5.40. The lowest BCUT2D eigenvalue weighted by Crippen LogP contribution is -2.33. The van der Waals surface area contributed by atoms with Gasteiger partial charge in [-0.15, -0.1) is 0 Å². The van der Waals surface area contributed by atoms with E-state index in [1.165, 1.54) is 29.8 Å². The lowest BCUT2D eigenvalue weighted by Gasteiger charge is -2.28. The van der Waals surface area contributed by atoms with Crippen LogP contribution in [0.25, 0.3) is 0 Å². The van der Waals surface area contributed by atoms with Gasteiger partial charge in [-0.3, -0.25) is 9.78 Å². The maximum Gasteiger partial charge on any atom is 0.226 e. The zero-order chi connectivity index (χ0) is 24.5. The van der Waals surface area contributed by atoms with E-state index in [1.807, 2.05) is 42.6 Å². The molecule has 0 spiro atoms. The minimum Gasteiger partial charge on any atom is -0.352 e. The minimum absolute atomic E-state index is 0.00260. The molecule has 1 aromatic carbocycles. The van der Waals surface area contributed by atoms with Gasteiger partial charge < -0.3 is 20.1 Å². The Balaban J connectivity index is 1.41. The molecular formula is C28H33N5OS. The standard InChI is InChI=1S/C28H33N5OS/c1-4-20-9-5-6-10-23(20)30-25(34)14-16-32-27(22-17-18(2)33(19(22)3)21-12-13-21)26(31-28(32)35)24-11-7-8-15-29-24/h5-11,15,17,21,26-27H,4,12-14,16H2,1-3H3,(H,30,34)(H,31,35)/t26-,27-/m1/s1. The number of carbonyl (C=O) groups is 1. The summed E-state index contributed by atoms with van der Waals surface area (Å²) in [4.78, 5) is 19.8. The number of thiocarbonyl (C=S) groups is 1. The lowest BCUT2D eigenvalue weighted by atomic mass is 9.96. The van der Waals surface area contributed by atoms with Crippen molar-refractivity contribution in [1.82, 2.24) is 19.8 Å². The van der Waals surface area contributed by atoms with Crippen LogP contribution >= 0.6 is 12.2 Å². The van der Waals surface area contributed by atoms with Crippen molar-refractivity contribution in [2.75, 3.05) is 11.9 Å². The van der Waals surface area contributed by atoms with Crippen LogP contribution in [0.2, 0.25) is 0 Å². The van der Waals surface area contributed by atoms with Crippen LogP contribution in [0.3, 0.4) is 0 Å². The summed E-state index contributed by atoms with van der Waals surface area (Å²) in [6.45, 7) is 7.03. The van der Waals surface area contributed by atoms with Gasteiger partial charge in [0.15, 0.2) is 5.11 Å². The van der Waals surface area contributed by atoms with Crippen molar-refractivity contribution in [2.45, 2.75) is 64.6 Å². The number of benzene rings is 1. The van der Waals surface area contributed by atoms with Gasteiger partial charge in [0, 0.05) is 42.3 Å². The van der Waals surface area contributed by atoms with Gasteiger partial charge in [0.05, 0.1) is 17.8 Å². The third kappa shape index (κ3) is 4.69. The first-order valence-electron chi connectivity index (χ1n) is 12.5. The summed E-state index contributed by atoms with van der Waals surface area (Å²) in [6, 6.07) is 16.8. The van der Waals surface area contributed by atoms with Crippen LogP contribution in [-0.4, -0.2) is 32.0 Å². The summed E-state index contributed by atoms with van der Waals surface area (Å²) in [5, 5.41) is 7.29. The Hall–Kier alpha value is -3.19. The molecule has 2 aliphatic rings. The van der Waals surface area contributed by atoms with Crippen molar-refractivity contribution >= 4 is 28.9 Å². The normalized spacial score (nSPS) is 19.6. The van der Waals surface area contributed by atoms with Crippen LogP contribution in [-0.2, 0) is 11.2 Å². The van der Waals surface area contributed by atoms with Crippen molar-refractivity contribution in [2.24, 2.45) is 0 Å². The van der Waals surface area contributed by atoms with E-state index in [0.29, 0.717) is 24.1 Å². The van der Waals surface area contributed by atoms with Crippen LogP contribution < -0.4 is 10.6 Å². The van der Waals surface area contributed by atoms with E-state index in [-0.39, 0.29) is 18.0 Å². The first-order chi connectivity index (χ1) is 17.0. The Morgan fingerprint density at radius 2 is 1.94 bits per heavy atom. The van der Waals surface area contributed by atoms with Crippen molar-refractivity contribution in [3.8, 4) is 0 Å². The Morgan fingerprint density at radius 1 is 1.17 bits per heavy atom. The highest BCUT2D eigenvalue weighted by atomic mass is 32.1. The number of aromatic nitrogens is 2. The Kier molecular flexibility index (Phi) is 6.60. The molecule has 2 atom stereocenters. The highest BCUT2D eigenvalue weighted by Gasteiger charge is 2.42. The van der Waals surface area contributed by atoms with Crippen LogP contribution in [0.15, 0.2) is 54.7 Å². The molecule has 2 fully saturated rings. The molecule has 3 aromatic rings. The Labute approximate surface area is 212 Å². The number of hydrogen-bond donors (Lipinski definition) is 2. The number of nitrogens with one attached hydrogen (secondary N) is 2. The van der Waals surface area contributed by atoms with E-state index in [2.05, 4.69) is 58.0 Å². The molecule has 7 heteroatoms. The summed E-state index contributed by atoms with van der Waals surface area (Å²) < 4.78 is 2.47. The van der Waals surface area contributed by atoms with Gasteiger partial charge in [0.25, 0.3) is 0 Å². The molecule has 1 saturated heterocycles. The second-order valence-electron chi connectivity index (χ2n) is 9.56. The summed E-state index contributed by atoms with van der Waals surface area (Å²) in [7, 11) is 0. The second kappa shape index (κ2) is 9.82. The number of amides is 1. The molecule has 35 heavy (non-hydrogen) atoms. The highest BCUT2D eigenvalue weighted by Crippen LogP contribution is 2.44. The maximum atomic E-state index is 12.9. The first-order valence-corrected chi connectivity index (χ1v) is 12.9. The number of pyridine rings is 1. The summed E-state index contributed by atoms with van der Waals surface area (Å²) in [5.74, 6) is -0.00260. The van der Waals surface area contributed by atoms with E-state index in [1.54, 1.807) is 0 Å². The molecule has 0 unspecified atom stereocenters. The minimum atomic E-state index is -0.0688. The molecule has 1 saturated carbocycles. The van der Waals surface area contributed by atoms with E-state index < -0.39 is 0 Å². The fraction of sp³-hybridized carbons (Fsp3) is 0.393. The van der Waals surface area contributed by atoms with Gasteiger partial charge in [-0.1, -0.05) is 31.2 Å². The molecule has 182 valence electrons. The molecule has 0 bridgehead atoms. The number of nitrogens with zero attached hydrogens (tertiary/aromatic N) is 3. The number of aryl methyl sites for hydroxylation is 2. The molecule has 2 N–H and O–H groups in total. The van der Waals surface area contributed by atoms with Crippen LogP contribution in [0.4, 0.5) is 5.69 Å². The third-order valence-corrected chi connectivity index (χ3v) is 7.56. The molecule has 1 aliphatic heterocycles. The zero-order valence-corrected chi connectivity index (χ0v) is 21.4. The van der Waals surface area contributed by atoms with Gasteiger partial charge >= 0.3 is 0 Å². The van der Waals surface area contributed by atoms with Gasteiger partial charge in [0.2, 0.25) is 5.91 Å². The largest absolute Gasteiger partial charge is 0.352 e. The Morgan fingerprint density at radius 3 is 2.66 bits per heavy atom. The summed E-state index contributed by atoms with van der Waals surface area (Å²) >= 11 is 5.81. The SMILES string of the molecule is CCc1ccccc1NC(=O)CCN1C(=S)N[C@H](c2ccccn2)[C@H]1c1cc(C)n(C2CC2)c1C. The van der Waals surface area contributed by atoms with E-state index in [4.69, 9.17) is 12.2 Å². The van der Waals surface area contributed by atoms with Crippen LogP contribution in [0, 0.1) is 13.8 Å². The average Bonchev–Trinajstić information content (AvgIpc) is 3.58. The lowest BCUT2D eigenvalue weighted by molar-refractivity contribution is -0.116. The number of hydrogen-bond acceptors (Lipinski definition) is 3. The maximum absolute atomic E-state index is 12.9. The van der Waals surface area contributed by atoms with E-state index in [0.717, 1.165) is 23.4 Å². The van der Waals surface area contributed by atoms with Gasteiger partial charge in [-0.2, -0.15) is 0 Å². The molecule has 2 aromatic heterocycles. The fourth-order valence-corrected chi connectivity index (χ4v) is 5.70. The van der Waals surface area contributed by atoms with Crippen molar-refractivity contribution < 1.29 is 4.79 Å². The number of carbonyl (C=O) groups excluding carboxylic acids is 1. The number of para-hydroxylation sites is 1. The quantitative estimate of drug-likeness (QED) is 0.417. The third-order valence-electron chi connectivity index (χ3n) is 7.20. The van der Waals surface area contributed by atoms with E-state index >= 15 is 0 Å². The summed E-state index contributed by atoms with van der Waals surface area (Å²) in [5.41, 5.74) is 6.81. The highest BCUT2D eigenvalue weighted by molar-refractivity contribution is 7.80. The average molecular weight is 488 g/mol. The number of rotatable bonds is 8. The van der Waals surface area contributed by atoms with Gasteiger partial charge in [-0.05, 0) is 80.7 Å². The smallest absolute Gasteiger partial charge is 0.226 e. The zero-order valence-electron chi connectivity index (χ0n) is 20.6. The van der Waals surface area contributed by atoms with Gasteiger partial charge in [-0.25, -0.2) is 0 Å². The molecule has 0 radical (unpaired) electrons. The molecular weight excluding hydrogens is 454 g/mol. The monoisotopic (exact) mass is 487 g/mol. The van der Waals surface area contributed by atoms with Gasteiger partial charge in [0.1, 0.15) is 0 Å².